The molecule has 41 heavy (non-hydrogen) atoms. The third-order valence-electron chi connectivity index (χ3n) is 5.90. The number of thioether (sulfide) groups is 1. The number of hydrogen-bond donors (Lipinski definition) is 3. The van der Waals surface area contributed by atoms with Gasteiger partial charge in [0.25, 0.3) is 11.8 Å². The lowest BCUT2D eigenvalue weighted by molar-refractivity contribution is -0.115. The molecule has 0 aliphatic heterocycles. The number of nitrogens with one attached hydrogen (secondary N) is 3. The second-order valence-electron chi connectivity index (χ2n) is 9.11. The number of rotatable bonds is 9. The second kappa shape index (κ2) is 14.0. The van der Waals surface area contributed by atoms with Crippen molar-refractivity contribution < 1.29 is 14.4 Å². The summed E-state index contributed by atoms with van der Waals surface area (Å²) in [4.78, 5) is 39.7. The summed E-state index contributed by atoms with van der Waals surface area (Å²) in [6.45, 7) is 3.80. The van der Waals surface area contributed by atoms with Crippen LogP contribution in [0.25, 0.3) is 6.08 Å². The summed E-state index contributed by atoms with van der Waals surface area (Å²) in [7, 11) is 0. The standard InChI is InChI=1S/C32H27Cl2N3O3S/c1-20-8-6-11-24(18-20)36-30(38)21(2)41-25-16-14-23(15-17-25)35-32(40)29(19-26-27(33)12-7-13-28(26)34)37-31(39)22-9-4-3-5-10-22/h3-19,21H,1-2H3,(H,35,40)(H,36,38)(H,37,39)/b29-19-. The maximum atomic E-state index is 13.3. The summed E-state index contributed by atoms with van der Waals surface area (Å²) >= 11 is 14.0. The highest BCUT2D eigenvalue weighted by atomic mass is 35.5. The molecule has 0 saturated carbocycles. The maximum absolute atomic E-state index is 13.3. The number of aryl methyl sites for hydroxylation is 1. The fourth-order valence-electron chi connectivity index (χ4n) is 3.77. The Bertz CT molecular complexity index is 1570. The maximum Gasteiger partial charge on any atom is 0.272 e. The van der Waals surface area contributed by atoms with Crippen LogP contribution in [0.15, 0.2) is 108 Å². The summed E-state index contributed by atoms with van der Waals surface area (Å²) in [6.07, 6.45) is 1.44. The lowest BCUT2D eigenvalue weighted by Crippen LogP contribution is -2.30. The Hall–Kier alpha value is -4.04. The van der Waals surface area contributed by atoms with E-state index >= 15 is 0 Å². The zero-order valence-electron chi connectivity index (χ0n) is 22.3. The van der Waals surface area contributed by atoms with Crippen LogP contribution in [-0.2, 0) is 9.59 Å². The third kappa shape index (κ3) is 8.47. The van der Waals surface area contributed by atoms with Gasteiger partial charge in [0.2, 0.25) is 5.91 Å². The van der Waals surface area contributed by atoms with E-state index in [4.69, 9.17) is 23.2 Å². The van der Waals surface area contributed by atoms with E-state index in [0.29, 0.717) is 26.9 Å². The van der Waals surface area contributed by atoms with Gasteiger partial charge < -0.3 is 16.0 Å². The van der Waals surface area contributed by atoms with Crippen LogP contribution in [0, 0.1) is 6.92 Å². The van der Waals surface area contributed by atoms with E-state index in [-0.39, 0.29) is 16.9 Å². The lowest BCUT2D eigenvalue weighted by Gasteiger charge is -2.14. The average Bonchev–Trinajstić information content (AvgIpc) is 2.95. The molecule has 208 valence electrons. The van der Waals surface area contributed by atoms with Crippen LogP contribution in [0.5, 0.6) is 0 Å². The number of hydrogen-bond acceptors (Lipinski definition) is 4. The fraction of sp³-hybridized carbons (Fsp3) is 0.0938. The second-order valence-corrected chi connectivity index (χ2v) is 11.3. The van der Waals surface area contributed by atoms with Crippen molar-refractivity contribution in [1.29, 1.82) is 0 Å². The Morgan fingerprint density at radius 3 is 2.10 bits per heavy atom. The average molecular weight is 605 g/mol. The molecule has 0 aromatic heterocycles. The molecule has 1 unspecified atom stereocenters. The summed E-state index contributed by atoms with van der Waals surface area (Å²) in [5.74, 6) is -1.13. The van der Waals surface area contributed by atoms with E-state index in [2.05, 4.69) is 16.0 Å². The molecule has 0 heterocycles. The highest BCUT2D eigenvalue weighted by Gasteiger charge is 2.18. The van der Waals surface area contributed by atoms with Gasteiger partial charge in [-0.1, -0.05) is 59.6 Å². The molecular weight excluding hydrogens is 577 g/mol. The van der Waals surface area contributed by atoms with Crippen molar-refractivity contribution in [2.24, 2.45) is 0 Å². The number of halogens is 2. The molecule has 4 rings (SSSR count). The van der Waals surface area contributed by atoms with Crippen LogP contribution >= 0.6 is 35.0 Å². The first kappa shape index (κ1) is 29.9. The Labute approximate surface area is 253 Å². The van der Waals surface area contributed by atoms with Gasteiger partial charge in [-0.25, -0.2) is 0 Å². The molecule has 0 aliphatic rings. The Morgan fingerprint density at radius 1 is 0.780 bits per heavy atom. The van der Waals surface area contributed by atoms with Crippen LogP contribution in [0.4, 0.5) is 11.4 Å². The number of benzene rings is 4. The van der Waals surface area contributed by atoms with Gasteiger partial charge in [-0.15, -0.1) is 11.8 Å². The molecule has 0 saturated heterocycles. The van der Waals surface area contributed by atoms with Gasteiger partial charge in [0, 0.05) is 37.4 Å². The van der Waals surface area contributed by atoms with Crippen LogP contribution in [0.1, 0.15) is 28.4 Å². The van der Waals surface area contributed by atoms with Gasteiger partial charge in [0.1, 0.15) is 5.70 Å². The van der Waals surface area contributed by atoms with Crippen LogP contribution in [-0.4, -0.2) is 23.0 Å². The molecule has 0 bridgehead atoms. The zero-order chi connectivity index (χ0) is 29.4. The van der Waals surface area contributed by atoms with Crippen LogP contribution < -0.4 is 16.0 Å². The summed E-state index contributed by atoms with van der Waals surface area (Å²) < 4.78 is 0. The number of carbonyl (C=O) groups excluding carboxylic acids is 3. The smallest absolute Gasteiger partial charge is 0.272 e. The Kier molecular flexibility index (Phi) is 10.2. The SMILES string of the molecule is Cc1cccc(NC(=O)C(C)Sc2ccc(NC(=O)/C(=C/c3c(Cl)cccc3Cl)NC(=O)c3ccccc3)cc2)c1. The predicted octanol–water partition coefficient (Wildman–Crippen LogP) is 7.83. The normalized spacial score (nSPS) is 11.9. The summed E-state index contributed by atoms with van der Waals surface area (Å²) in [5.41, 5.74) is 3.07. The minimum Gasteiger partial charge on any atom is -0.325 e. The van der Waals surface area contributed by atoms with E-state index in [1.807, 2.05) is 50.2 Å². The Morgan fingerprint density at radius 2 is 1.44 bits per heavy atom. The van der Waals surface area contributed by atoms with Crippen molar-refractivity contribution in [2.45, 2.75) is 24.0 Å². The molecule has 3 N–H and O–H groups in total. The van der Waals surface area contributed by atoms with Crippen molar-refractivity contribution >= 4 is 70.1 Å². The topological polar surface area (TPSA) is 87.3 Å². The molecule has 6 nitrogen and oxygen atoms in total. The summed E-state index contributed by atoms with van der Waals surface area (Å²) in [5, 5.41) is 8.72. The number of amides is 3. The third-order valence-corrected chi connectivity index (χ3v) is 7.67. The molecule has 9 heteroatoms. The molecular formula is C32H27Cl2N3O3S. The first-order valence-electron chi connectivity index (χ1n) is 12.7. The first-order valence-corrected chi connectivity index (χ1v) is 14.3. The molecule has 0 fully saturated rings. The Balaban J connectivity index is 1.46. The van der Waals surface area contributed by atoms with Crippen molar-refractivity contribution in [3.05, 3.63) is 129 Å². The van der Waals surface area contributed by atoms with Crippen LogP contribution in [0.3, 0.4) is 0 Å². The van der Waals surface area contributed by atoms with Crippen molar-refractivity contribution in [2.75, 3.05) is 10.6 Å². The molecule has 0 aliphatic carbocycles. The zero-order valence-corrected chi connectivity index (χ0v) is 24.6. The van der Waals surface area contributed by atoms with Gasteiger partial charge in [-0.05, 0) is 86.2 Å². The molecule has 4 aromatic carbocycles. The summed E-state index contributed by atoms with van der Waals surface area (Å²) in [6, 6.07) is 28.2. The van der Waals surface area contributed by atoms with Gasteiger partial charge in [-0.3, -0.25) is 14.4 Å². The predicted molar refractivity (Wildman–Crippen MR) is 169 cm³/mol. The molecule has 3 amide bonds. The molecule has 0 radical (unpaired) electrons. The van der Waals surface area contributed by atoms with Gasteiger partial charge in [0.15, 0.2) is 0 Å². The minimum atomic E-state index is -0.559. The van der Waals surface area contributed by atoms with Gasteiger partial charge in [-0.2, -0.15) is 0 Å². The van der Waals surface area contributed by atoms with Gasteiger partial charge >= 0.3 is 0 Å². The van der Waals surface area contributed by atoms with E-state index < -0.39 is 11.8 Å². The van der Waals surface area contributed by atoms with Crippen LogP contribution in [0.2, 0.25) is 10.0 Å². The monoisotopic (exact) mass is 603 g/mol. The van der Waals surface area contributed by atoms with Gasteiger partial charge in [0.05, 0.1) is 5.25 Å². The van der Waals surface area contributed by atoms with Crippen molar-refractivity contribution in [1.82, 2.24) is 5.32 Å². The van der Waals surface area contributed by atoms with Crippen molar-refractivity contribution in [3.63, 3.8) is 0 Å². The minimum absolute atomic E-state index is 0.0336. The number of anilines is 2. The molecule has 4 aromatic rings. The quantitative estimate of drug-likeness (QED) is 0.134. The number of carbonyl (C=O) groups is 3. The van der Waals surface area contributed by atoms with E-state index in [0.717, 1.165) is 16.1 Å². The highest BCUT2D eigenvalue weighted by molar-refractivity contribution is 8.00. The van der Waals surface area contributed by atoms with E-state index in [1.54, 1.807) is 60.7 Å². The highest BCUT2D eigenvalue weighted by Crippen LogP contribution is 2.28. The first-order chi connectivity index (χ1) is 19.7. The van der Waals surface area contributed by atoms with E-state index in [1.165, 1.54) is 17.8 Å². The fourth-order valence-corrected chi connectivity index (χ4v) is 5.15. The lowest BCUT2D eigenvalue weighted by atomic mass is 10.1. The largest absolute Gasteiger partial charge is 0.325 e. The molecule has 0 spiro atoms. The van der Waals surface area contributed by atoms with Crippen molar-refractivity contribution in [3.8, 4) is 0 Å². The molecule has 1 atom stereocenters. The van der Waals surface area contributed by atoms with E-state index in [9.17, 15) is 14.4 Å².